The van der Waals surface area contributed by atoms with Crippen LogP contribution in [0.15, 0.2) is 48.5 Å². The van der Waals surface area contributed by atoms with Gasteiger partial charge in [0.15, 0.2) is 0 Å². The summed E-state index contributed by atoms with van der Waals surface area (Å²) in [6.07, 6.45) is 3.24. The molecule has 0 unspecified atom stereocenters. The van der Waals surface area contributed by atoms with Crippen molar-refractivity contribution in [2.24, 2.45) is 5.92 Å². The number of carbonyl (C=O) groups is 1. The van der Waals surface area contributed by atoms with E-state index >= 15 is 0 Å². The van der Waals surface area contributed by atoms with E-state index in [2.05, 4.69) is 5.32 Å². The van der Waals surface area contributed by atoms with E-state index in [0.29, 0.717) is 30.4 Å². The van der Waals surface area contributed by atoms with Crippen LogP contribution in [0.25, 0.3) is 0 Å². The normalized spacial score (nSPS) is 13.0. The second kappa shape index (κ2) is 8.60. The van der Waals surface area contributed by atoms with Gasteiger partial charge in [0.1, 0.15) is 5.75 Å². The third kappa shape index (κ3) is 5.17. The topological polar surface area (TPSA) is 64.3 Å². The number of halogens is 1. The van der Waals surface area contributed by atoms with Gasteiger partial charge in [-0.1, -0.05) is 24.3 Å². The first-order valence-electron chi connectivity index (χ1n) is 8.07. The number of nitrogen functional groups attached to an aromatic ring is 1. The molecule has 0 atom stereocenters. The van der Waals surface area contributed by atoms with Crippen molar-refractivity contribution in [2.75, 3.05) is 18.9 Å². The Labute approximate surface area is 148 Å². The number of nitrogens with two attached hydrogens (primary N) is 1. The van der Waals surface area contributed by atoms with Crippen LogP contribution in [-0.2, 0) is 6.42 Å². The molecule has 0 aliphatic heterocycles. The molecule has 128 valence electrons. The Balaban J connectivity index is 0.00000208. The Morgan fingerprint density at radius 2 is 1.83 bits per heavy atom. The van der Waals surface area contributed by atoms with Crippen molar-refractivity contribution < 1.29 is 9.53 Å². The summed E-state index contributed by atoms with van der Waals surface area (Å²) in [5, 5.41) is 2.96. The summed E-state index contributed by atoms with van der Waals surface area (Å²) in [5.41, 5.74) is 8.17. The number of para-hydroxylation sites is 1. The van der Waals surface area contributed by atoms with Crippen LogP contribution in [0.3, 0.4) is 0 Å². The summed E-state index contributed by atoms with van der Waals surface area (Å²) in [4.78, 5) is 12.4. The van der Waals surface area contributed by atoms with Gasteiger partial charge in [0.25, 0.3) is 5.91 Å². The molecule has 3 rings (SSSR count). The maximum atomic E-state index is 12.4. The summed E-state index contributed by atoms with van der Waals surface area (Å²) in [7, 11) is 0. The molecule has 0 saturated heterocycles. The van der Waals surface area contributed by atoms with Gasteiger partial charge in [0, 0.05) is 12.2 Å². The van der Waals surface area contributed by atoms with Gasteiger partial charge in [-0.05, 0) is 55.0 Å². The monoisotopic (exact) mass is 346 g/mol. The summed E-state index contributed by atoms with van der Waals surface area (Å²) in [6.45, 7) is 1.29. The summed E-state index contributed by atoms with van der Waals surface area (Å²) in [5.74, 6) is 1.24. The smallest absolute Gasteiger partial charge is 0.255 e. The predicted octanol–water partition coefficient (Wildman–Crippen LogP) is 3.45. The third-order valence-electron chi connectivity index (χ3n) is 3.98. The number of benzene rings is 2. The van der Waals surface area contributed by atoms with Crippen LogP contribution in [0.2, 0.25) is 0 Å². The Morgan fingerprint density at radius 3 is 2.54 bits per heavy atom. The summed E-state index contributed by atoms with van der Waals surface area (Å²) >= 11 is 0. The van der Waals surface area contributed by atoms with Crippen LogP contribution in [0.5, 0.6) is 5.75 Å². The van der Waals surface area contributed by atoms with E-state index in [1.165, 1.54) is 12.8 Å². The molecule has 3 N–H and O–H groups in total. The highest BCUT2D eigenvalue weighted by Crippen LogP contribution is 2.30. The largest absolute Gasteiger partial charge is 0.492 e. The summed E-state index contributed by atoms with van der Waals surface area (Å²) in [6, 6.07) is 15.1. The molecule has 1 amide bonds. The van der Waals surface area contributed by atoms with Gasteiger partial charge in [-0.3, -0.25) is 4.79 Å². The SMILES string of the molecule is Cl.Nc1ccc(CCNC(=O)c2ccccc2OCC2CC2)cc1. The molecule has 24 heavy (non-hydrogen) atoms. The lowest BCUT2D eigenvalue weighted by molar-refractivity contribution is 0.0950. The molecule has 1 fully saturated rings. The fraction of sp³-hybridized carbons (Fsp3) is 0.316. The number of hydrogen-bond acceptors (Lipinski definition) is 3. The first kappa shape index (κ1) is 18.1. The Bertz CT molecular complexity index is 669. The second-order valence-corrected chi connectivity index (χ2v) is 6.00. The minimum atomic E-state index is -0.0909. The zero-order chi connectivity index (χ0) is 16.1. The Kier molecular flexibility index (Phi) is 6.50. The van der Waals surface area contributed by atoms with Crippen LogP contribution in [0.1, 0.15) is 28.8 Å². The molecule has 1 aliphatic rings. The molecule has 2 aromatic carbocycles. The standard InChI is InChI=1S/C19H22N2O2.ClH/c20-16-9-7-14(8-10-16)11-12-21-19(22)17-3-1-2-4-18(17)23-13-15-5-6-15;/h1-4,7-10,15H,5-6,11-13,20H2,(H,21,22);1H. The van der Waals surface area contributed by atoms with E-state index in [4.69, 9.17) is 10.5 Å². The number of anilines is 1. The number of rotatable bonds is 7. The molecule has 0 bridgehead atoms. The van der Waals surface area contributed by atoms with Crippen LogP contribution < -0.4 is 15.8 Å². The average Bonchev–Trinajstić information content (AvgIpc) is 3.39. The van der Waals surface area contributed by atoms with Crippen LogP contribution in [-0.4, -0.2) is 19.1 Å². The molecule has 0 aromatic heterocycles. The van der Waals surface area contributed by atoms with Crippen molar-refractivity contribution in [3.8, 4) is 5.75 Å². The molecule has 1 saturated carbocycles. The van der Waals surface area contributed by atoms with Crippen molar-refractivity contribution in [2.45, 2.75) is 19.3 Å². The highest BCUT2D eigenvalue weighted by molar-refractivity contribution is 5.96. The van der Waals surface area contributed by atoms with Crippen molar-refractivity contribution in [1.82, 2.24) is 5.32 Å². The molecule has 0 radical (unpaired) electrons. The van der Waals surface area contributed by atoms with Crippen molar-refractivity contribution in [3.63, 3.8) is 0 Å². The maximum Gasteiger partial charge on any atom is 0.255 e. The number of ether oxygens (including phenoxy) is 1. The molecule has 2 aromatic rings. The lowest BCUT2D eigenvalue weighted by atomic mass is 10.1. The minimum Gasteiger partial charge on any atom is -0.492 e. The van der Waals surface area contributed by atoms with Gasteiger partial charge in [0.2, 0.25) is 0 Å². The van der Waals surface area contributed by atoms with Crippen LogP contribution >= 0.6 is 12.4 Å². The van der Waals surface area contributed by atoms with Crippen molar-refractivity contribution in [3.05, 3.63) is 59.7 Å². The van der Waals surface area contributed by atoms with Gasteiger partial charge in [-0.2, -0.15) is 0 Å². The van der Waals surface area contributed by atoms with E-state index in [1.54, 1.807) is 6.07 Å². The van der Waals surface area contributed by atoms with Crippen LogP contribution in [0.4, 0.5) is 5.69 Å². The first-order chi connectivity index (χ1) is 11.2. The lowest BCUT2D eigenvalue weighted by Crippen LogP contribution is -2.26. The number of amides is 1. The molecule has 4 nitrogen and oxygen atoms in total. The van der Waals surface area contributed by atoms with Crippen molar-refractivity contribution in [1.29, 1.82) is 0 Å². The molecule has 0 heterocycles. The highest BCUT2D eigenvalue weighted by Gasteiger charge is 2.23. The van der Waals surface area contributed by atoms with Gasteiger partial charge < -0.3 is 15.8 Å². The predicted molar refractivity (Wildman–Crippen MR) is 98.8 cm³/mol. The molecule has 0 spiro atoms. The Hall–Kier alpha value is -2.20. The zero-order valence-electron chi connectivity index (χ0n) is 13.5. The van der Waals surface area contributed by atoms with E-state index in [1.807, 2.05) is 42.5 Å². The van der Waals surface area contributed by atoms with Crippen LogP contribution in [0, 0.1) is 5.92 Å². The average molecular weight is 347 g/mol. The molecular weight excluding hydrogens is 324 g/mol. The van der Waals surface area contributed by atoms with Gasteiger partial charge in [0.05, 0.1) is 12.2 Å². The van der Waals surface area contributed by atoms with Gasteiger partial charge in [-0.25, -0.2) is 0 Å². The molecule has 5 heteroatoms. The van der Waals surface area contributed by atoms with Gasteiger partial charge in [-0.15, -0.1) is 12.4 Å². The lowest BCUT2D eigenvalue weighted by Gasteiger charge is -2.11. The number of nitrogens with one attached hydrogen (secondary N) is 1. The summed E-state index contributed by atoms with van der Waals surface area (Å²) < 4.78 is 5.79. The Morgan fingerprint density at radius 1 is 1.12 bits per heavy atom. The zero-order valence-corrected chi connectivity index (χ0v) is 14.4. The quantitative estimate of drug-likeness (QED) is 0.755. The molecule has 1 aliphatic carbocycles. The van der Waals surface area contributed by atoms with Crippen molar-refractivity contribution >= 4 is 24.0 Å². The number of carbonyl (C=O) groups excluding carboxylic acids is 1. The first-order valence-corrected chi connectivity index (χ1v) is 8.07. The minimum absolute atomic E-state index is 0. The second-order valence-electron chi connectivity index (χ2n) is 6.00. The van der Waals surface area contributed by atoms with Gasteiger partial charge >= 0.3 is 0 Å². The third-order valence-corrected chi connectivity index (χ3v) is 3.98. The highest BCUT2D eigenvalue weighted by atomic mass is 35.5. The van der Waals surface area contributed by atoms with E-state index in [-0.39, 0.29) is 18.3 Å². The van der Waals surface area contributed by atoms with E-state index in [9.17, 15) is 4.79 Å². The fourth-order valence-corrected chi connectivity index (χ4v) is 2.37. The van der Waals surface area contributed by atoms with E-state index < -0.39 is 0 Å². The fourth-order valence-electron chi connectivity index (χ4n) is 2.37. The molecular formula is C19H23ClN2O2. The van der Waals surface area contributed by atoms with E-state index in [0.717, 1.165) is 17.7 Å². The maximum absolute atomic E-state index is 12.4. The number of hydrogen-bond donors (Lipinski definition) is 2.